The number of carbonyl (C=O) groups is 1. The molecule has 1 aromatic heterocycles. The third-order valence-corrected chi connectivity index (χ3v) is 2.97. The minimum atomic E-state index is -4.78. The van der Waals surface area contributed by atoms with Crippen LogP contribution in [-0.4, -0.2) is 28.7 Å². The number of benzene rings is 1. The topological polar surface area (TPSA) is 62.6 Å². The van der Waals surface area contributed by atoms with Gasteiger partial charge in [-0.15, -0.1) is 13.2 Å². The maximum atomic E-state index is 12.2. The lowest BCUT2D eigenvalue weighted by atomic mass is 10.2. The first-order valence-electron chi connectivity index (χ1n) is 6.96. The summed E-state index contributed by atoms with van der Waals surface area (Å²) in [5.74, 6) is -0.776. The molecular weight excluding hydrogens is 329 g/mol. The van der Waals surface area contributed by atoms with Crippen LogP contribution in [0.1, 0.15) is 23.0 Å². The van der Waals surface area contributed by atoms with Crippen LogP contribution in [0.15, 0.2) is 30.5 Å². The van der Waals surface area contributed by atoms with Gasteiger partial charge in [-0.2, -0.15) is 5.10 Å². The second-order valence-electron chi connectivity index (χ2n) is 4.66. The summed E-state index contributed by atoms with van der Waals surface area (Å²) in [5, 5.41) is 3.96. The standard InChI is InChI=1S/C15H15F3N2O4/c1-3-22-14(21)12-8-19-20(2)13(12)9-23-10-5-4-6-11(7-10)24-15(16,17)18/h4-8H,3,9H2,1-2H3. The van der Waals surface area contributed by atoms with E-state index >= 15 is 0 Å². The fraction of sp³-hybridized carbons (Fsp3) is 0.333. The number of carbonyl (C=O) groups excluding carboxylic acids is 1. The van der Waals surface area contributed by atoms with Crippen LogP contribution in [0, 0.1) is 0 Å². The van der Waals surface area contributed by atoms with Crippen LogP contribution >= 0.6 is 0 Å². The lowest BCUT2D eigenvalue weighted by molar-refractivity contribution is -0.274. The summed E-state index contributed by atoms with van der Waals surface area (Å²) in [4.78, 5) is 11.8. The third kappa shape index (κ3) is 4.64. The van der Waals surface area contributed by atoms with Gasteiger partial charge in [0.05, 0.1) is 18.5 Å². The van der Waals surface area contributed by atoms with E-state index < -0.39 is 18.1 Å². The average Bonchev–Trinajstić information content (AvgIpc) is 2.85. The van der Waals surface area contributed by atoms with Crippen LogP contribution in [0.2, 0.25) is 0 Å². The zero-order chi connectivity index (χ0) is 17.7. The number of hydrogen-bond acceptors (Lipinski definition) is 5. The molecule has 0 saturated heterocycles. The number of rotatable bonds is 6. The van der Waals surface area contributed by atoms with Crippen molar-refractivity contribution in [2.75, 3.05) is 6.61 Å². The molecule has 0 atom stereocenters. The van der Waals surface area contributed by atoms with Crippen molar-refractivity contribution in [2.45, 2.75) is 19.9 Å². The Kier molecular flexibility index (Phi) is 5.32. The Morgan fingerprint density at radius 2 is 2.00 bits per heavy atom. The molecule has 0 aliphatic heterocycles. The van der Waals surface area contributed by atoms with Gasteiger partial charge >= 0.3 is 12.3 Å². The molecule has 24 heavy (non-hydrogen) atoms. The first-order valence-corrected chi connectivity index (χ1v) is 6.96. The summed E-state index contributed by atoms with van der Waals surface area (Å²) in [6.07, 6.45) is -3.43. The number of halogens is 3. The predicted octanol–water partition coefficient (Wildman–Crippen LogP) is 3.07. The monoisotopic (exact) mass is 344 g/mol. The Balaban J connectivity index is 2.10. The molecule has 0 bridgehead atoms. The van der Waals surface area contributed by atoms with Crippen molar-refractivity contribution in [3.8, 4) is 11.5 Å². The van der Waals surface area contributed by atoms with Gasteiger partial charge in [0.15, 0.2) is 0 Å². The number of hydrogen-bond donors (Lipinski definition) is 0. The maximum absolute atomic E-state index is 12.2. The van der Waals surface area contributed by atoms with Crippen molar-refractivity contribution < 1.29 is 32.2 Å². The fourth-order valence-electron chi connectivity index (χ4n) is 1.93. The van der Waals surface area contributed by atoms with Crippen LogP contribution in [0.4, 0.5) is 13.2 Å². The molecule has 0 aliphatic rings. The van der Waals surface area contributed by atoms with Gasteiger partial charge in [-0.25, -0.2) is 4.79 Å². The second kappa shape index (κ2) is 7.24. The molecular formula is C15H15F3N2O4. The first-order chi connectivity index (χ1) is 11.3. The van der Waals surface area contributed by atoms with Crippen molar-refractivity contribution >= 4 is 5.97 Å². The van der Waals surface area contributed by atoms with Gasteiger partial charge in [0, 0.05) is 13.1 Å². The fourth-order valence-corrected chi connectivity index (χ4v) is 1.93. The van der Waals surface area contributed by atoms with Crippen molar-refractivity contribution in [1.82, 2.24) is 9.78 Å². The van der Waals surface area contributed by atoms with Gasteiger partial charge in [0.2, 0.25) is 0 Å². The Labute approximate surface area is 135 Å². The summed E-state index contributed by atoms with van der Waals surface area (Å²) < 4.78 is 52.3. The number of ether oxygens (including phenoxy) is 3. The van der Waals surface area contributed by atoms with Crippen LogP contribution in [0.25, 0.3) is 0 Å². The minimum Gasteiger partial charge on any atom is -0.487 e. The molecule has 1 heterocycles. The Morgan fingerprint density at radius 3 is 2.67 bits per heavy atom. The largest absolute Gasteiger partial charge is 0.573 e. The molecule has 9 heteroatoms. The molecule has 2 aromatic rings. The summed E-state index contributed by atoms with van der Waals surface area (Å²) in [5.41, 5.74) is 0.678. The van der Waals surface area contributed by atoms with Crippen molar-refractivity contribution in [3.63, 3.8) is 0 Å². The minimum absolute atomic E-state index is 0.0693. The SMILES string of the molecule is CCOC(=O)c1cnn(C)c1COc1cccc(OC(F)(F)F)c1. The Bertz CT molecular complexity index is 713. The average molecular weight is 344 g/mol. The quantitative estimate of drug-likeness (QED) is 0.754. The molecule has 130 valence electrons. The lowest BCUT2D eigenvalue weighted by Gasteiger charge is -2.11. The molecule has 0 spiro atoms. The van der Waals surface area contributed by atoms with E-state index in [0.717, 1.165) is 12.1 Å². The van der Waals surface area contributed by atoms with E-state index in [1.807, 2.05) is 0 Å². The van der Waals surface area contributed by atoms with E-state index in [1.54, 1.807) is 14.0 Å². The van der Waals surface area contributed by atoms with Crippen molar-refractivity contribution in [1.29, 1.82) is 0 Å². The summed E-state index contributed by atoms with van der Waals surface area (Å²) in [7, 11) is 1.62. The van der Waals surface area contributed by atoms with Crippen molar-refractivity contribution in [2.24, 2.45) is 7.05 Å². The highest BCUT2D eigenvalue weighted by Crippen LogP contribution is 2.26. The Morgan fingerprint density at radius 1 is 1.29 bits per heavy atom. The number of alkyl halides is 3. The zero-order valence-corrected chi connectivity index (χ0v) is 13.0. The van der Waals surface area contributed by atoms with E-state index in [-0.39, 0.29) is 24.5 Å². The third-order valence-electron chi connectivity index (χ3n) is 2.97. The van der Waals surface area contributed by atoms with Crippen LogP contribution < -0.4 is 9.47 Å². The molecule has 6 nitrogen and oxygen atoms in total. The number of aromatic nitrogens is 2. The van der Waals surface area contributed by atoms with E-state index in [0.29, 0.717) is 5.69 Å². The van der Waals surface area contributed by atoms with Crippen LogP contribution in [0.5, 0.6) is 11.5 Å². The summed E-state index contributed by atoms with van der Waals surface area (Å²) >= 11 is 0. The highest BCUT2D eigenvalue weighted by atomic mass is 19.4. The van der Waals surface area contributed by atoms with Gasteiger partial charge in [0.1, 0.15) is 23.7 Å². The molecule has 0 aliphatic carbocycles. The normalized spacial score (nSPS) is 11.2. The highest BCUT2D eigenvalue weighted by Gasteiger charge is 2.31. The van der Waals surface area contributed by atoms with E-state index in [1.165, 1.54) is 23.0 Å². The molecule has 0 radical (unpaired) electrons. The molecule has 0 unspecified atom stereocenters. The molecule has 1 aromatic carbocycles. The van der Waals surface area contributed by atoms with E-state index in [9.17, 15) is 18.0 Å². The Hall–Kier alpha value is -2.71. The molecule has 2 rings (SSSR count). The van der Waals surface area contributed by atoms with Gasteiger partial charge < -0.3 is 14.2 Å². The maximum Gasteiger partial charge on any atom is 0.573 e. The van der Waals surface area contributed by atoms with Crippen LogP contribution in [0.3, 0.4) is 0 Å². The summed E-state index contributed by atoms with van der Waals surface area (Å²) in [6, 6.07) is 5.11. The van der Waals surface area contributed by atoms with Crippen LogP contribution in [-0.2, 0) is 18.4 Å². The highest BCUT2D eigenvalue weighted by molar-refractivity contribution is 5.90. The van der Waals surface area contributed by atoms with Gasteiger partial charge in [-0.3, -0.25) is 4.68 Å². The molecule has 0 saturated carbocycles. The van der Waals surface area contributed by atoms with E-state index in [4.69, 9.17) is 9.47 Å². The number of nitrogens with zero attached hydrogens (tertiary/aromatic N) is 2. The molecule has 0 fully saturated rings. The smallest absolute Gasteiger partial charge is 0.487 e. The molecule has 0 N–H and O–H groups in total. The van der Waals surface area contributed by atoms with Gasteiger partial charge in [0.25, 0.3) is 0 Å². The lowest BCUT2D eigenvalue weighted by Crippen LogP contribution is -2.17. The predicted molar refractivity (Wildman–Crippen MR) is 76.6 cm³/mol. The van der Waals surface area contributed by atoms with Crippen molar-refractivity contribution in [3.05, 3.63) is 41.7 Å². The number of aryl methyl sites for hydroxylation is 1. The summed E-state index contributed by atoms with van der Waals surface area (Å²) in [6.45, 7) is 1.82. The van der Waals surface area contributed by atoms with E-state index in [2.05, 4.69) is 9.84 Å². The second-order valence-corrected chi connectivity index (χ2v) is 4.66. The number of esters is 1. The van der Waals surface area contributed by atoms with Gasteiger partial charge in [-0.1, -0.05) is 6.07 Å². The first kappa shape index (κ1) is 17.6. The molecule has 0 amide bonds. The zero-order valence-electron chi connectivity index (χ0n) is 13.0. The van der Waals surface area contributed by atoms with Gasteiger partial charge in [-0.05, 0) is 19.1 Å².